The van der Waals surface area contributed by atoms with E-state index in [1.165, 1.54) is 0 Å². The van der Waals surface area contributed by atoms with Gasteiger partial charge in [-0.2, -0.15) is 0 Å². The van der Waals surface area contributed by atoms with Crippen LogP contribution in [0.15, 0.2) is 0 Å². The van der Waals surface area contributed by atoms with Crippen LogP contribution in [0.1, 0.15) is 20.8 Å². The normalized spacial score (nSPS) is 9.75. The first-order chi connectivity index (χ1) is 5.31. The molecule has 0 atom stereocenters. The fourth-order valence-electron chi connectivity index (χ4n) is 0.461. The summed E-state index contributed by atoms with van der Waals surface area (Å²) in [6, 6.07) is 2.58. The largest absolute Gasteiger partial charge is 0.450 e. The first-order valence-corrected chi connectivity index (χ1v) is 3.73. The maximum absolute atomic E-state index is 10.9. The van der Waals surface area contributed by atoms with Crippen LogP contribution in [0.2, 0.25) is 0 Å². The summed E-state index contributed by atoms with van der Waals surface area (Å²) >= 11 is 0. The molecule has 0 aromatic carbocycles. The molecule has 0 bridgehead atoms. The Labute approximate surface area is 73.7 Å². The van der Waals surface area contributed by atoms with Crippen molar-refractivity contribution in [3.63, 3.8) is 0 Å². The van der Waals surface area contributed by atoms with Gasteiger partial charge in [-0.1, -0.05) is 0 Å². The second-order valence-electron chi connectivity index (χ2n) is 3.63. The highest BCUT2D eigenvalue weighted by atomic mass is 16.6. The highest BCUT2D eigenvalue weighted by Gasteiger charge is 2.14. The maximum Gasteiger partial charge on any atom is 0.386 e. The lowest BCUT2D eigenvalue weighted by Crippen LogP contribution is -2.23. The van der Waals surface area contributed by atoms with Crippen LogP contribution in [0.25, 0.3) is 0 Å². The first-order valence-electron chi connectivity index (χ1n) is 3.73. The van der Waals surface area contributed by atoms with Crippen molar-refractivity contribution in [1.29, 1.82) is 0 Å². The summed E-state index contributed by atoms with van der Waals surface area (Å²) in [6.45, 7) is 5.42. The lowest BCUT2D eigenvalue weighted by atomic mass is 10.2. The van der Waals surface area contributed by atoms with Crippen LogP contribution < -0.4 is 0 Å². The van der Waals surface area contributed by atoms with Crippen LogP contribution in [0.5, 0.6) is 0 Å². The molecular weight excluding hydrogens is 154 g/mol. The summed E-state index contributed by atoms with van der Waals surface area (Å²) < 4.78 is 4.95. The molecule has 0 aromatic rings. The van der Waals surface area contributed by atoms with Crippen LogP contribution in [0, 0.1) is 12.0 Å². The third kappa shape index (κ3) is 6.94. The molecule has 0 aliphatic carbocycles. The second-order valence-corrected chi connectivity index (χ2v) is 3.63. The quantitative estimate of drug-likeness (QED) is 0.306. The molecule has 12 heavy (non-hydrogen) atoms. The minimum atomic E-state index is -0.490. The van der Waals surface area contributed by atoms with Crippen LogP contribution >= 0.6 is 0 Å². The predicted molar refractivity (Wildman–Crippen MR) is 47.3 cm³/mol. The van der Waals surface area contributed by atoms with Gasteiger partial charge in [0.05, 0.1) is 0 Å². The molecule has 0 amide bonds. The third-order valence-corrected chi connectivity index (χ3v) is 0.780. The van der Waals surface area contributed by atoms with Crippen molar-refractivity contribution in [1.82, 2.24) is 4.90 Å². The van der Waals surface area contributed by atoms with Gasteiger partial charge in [0, 0.05) is 26.1 Å². The van der Waals surface area contributed by atoms with Gasteiger partial charge in [0.15, 0.2) is 0 Å². The van der Waals surface area contributed by atoms with Crippen molar-refractivity contribution in [2.75, 3.05) is 14.1 Å². The predicted octanol–water partition coefficient (Wildman–Crippen LogP) is 0.851. The van der Waals surface area contributed by atoms with E-state index < -0.39 is 11.6 Å². The number of nitrogens with zero attached hydrogens (tertiary/aromatic N) is 1. The zero-order valence-electron chi connectivity index (χ0n) is 8.26. The van der Waals surface area contributed by atoms with E-state index in [4.69, 9.17) is 4.74 Å². The van der Waals surface area contributed by atoms with Gasteiger partial charge in [0.25, 0.3) is 0 Å². The average Bonchev–Trinajstić information content (AvgIpc) is 1.79. The molecule has 3 nitrogen and oxygen atoms in total. The molecule has 0 aliphatic rings. The lowest BCUT2D eigenvalue weighted by molar-refractivity contribution is -0.147. The van der Waals surface area contributed by atoms with E-state index >= 15 is 0 Å². The Morgan fingerprint density at radius 2 is 1.83 bits per heavy atom. The molecule has 0 saturated carbocycles. The number of carbonyl (C=O) groups excluding carboxylic acids is 1. The summed E-state index contributed by atoms with van der Waals surface area (Å²) in [4.78, 5) is 12.5. The van der Waals surface area contributed by atoms with Crippen molar-refractivity contribution in [3.05, 3.63) is 0 Å². The molecule has 3 heteroatoms. The zero-order valence-corrected chi connectivity index (χ0v) is 8.26. The molecule has 0 rings (SSSR count). The molecule has 0 spiro atoms. The molecular formula is C9H15NO2. The number of hydrogen-bond donors (Lipinski definition) is 0. The van der Waals surface area contributed by atoms with E-state index in [2.05, 4.69) is 12.0 Å². The van der Waals surface area contributed by atoms with Crippen LogP contribution in [0.4, 0.5) is 0 Å². The molecule has 0 aromatic heterocycles. The highest BCUT2D eigenvalue weighted by molar-refractivity contribution is 5.88. The third-order valence-electron chi connectivity index (χ3n) is 0.780. The van der Waals surface area contributed by atoms with Crippen molar-refractivity contribution < 1.29 is 9.53 Å². The van der Waals surface area contributed by atoms with Crippen molar-refractivity contribution >= 4 is 5.97 Å². The molecule has 68 valence electrons. The van der Waals surface area contributed by atoms with Gasteiger partial charge in [-0.25, -0.2) is 4.79 Å². The van der Waals surface area contributed by atoms with Gasteiger partial charge in [-0.3, -0.25) is 0 Å². The summed E-state index contributed by atoms with van der Waals surface area (Å²) in [5.74, 6) is 1.86. The van der Waals surface area contributed by atoms with Crippen molar-refractivity contribution in [3.8, 4) is 12.0 Å². The van der Waals surface area contributed by atoms with Crippen LogP contribution in [-0.2, 0) is 9.53 Å². The van der Waals surface area contributed by atoms with Gasteiger partial charge >= 0.3 is 5.97 Å². The molecule has 0 saturated heterocycles. The topological polar surface area (TPSA) is 29.5 Å². The molecule has 0 radical (unpaired) electrons. The zero-order chi connectivity index (χ0) is 9.78. The van der Waals surface area contributed by atoms with E-state index in [1.807, 2.05) is 20.8 Å². The van der Waals surface area contributed by atoms with Crippen molar-refractivity contribution in [2.24, 2.45) is 0 Å². The van der Waals surface area contributed by atoms with Crippen LogP contribution in [-0.4, -0.2) is 30.6 Å². The standard InChI is InChI=1S/C9H15NO2/c1-9(2,3)12-8(11)6-7-10(4)5/h1-5H3. The monoisotopic (exact) mass is 169 g/mol. The maximum atomic E-state index is 10.9. The van der Waals surface area contributed by atoms with E-state index in [9.17, 15) is 4.79 Å². The Kier molecular flexibility index (Phi) is 3.62. The minimum Gasteiger partial charge on any atom is -0.450 e. The number of hydrogen-bond acceptors (Lipinski definition) is 3. The fraction of sp³-hybridized carbons (Fsp3) is 0.667. The first kappa shape index (κ1) is 10.8. The molecule has 0 heterocycles. The van der Waals surface area contributed by atoms with E-state index in [1.54, 1.807) is 19.0 Å². The highest BCUT2D eigenvalue weighted by Crippen LogP contribution is 2.05. The SMILES string of the molecule is CN(C)C#CC(=O)OC(C)(C)C. The number of rotatable bonds is 0. The fourth-order valence-corrected chi connectivity index (χ4v) is 0.461. The molecule has 0 unspecified atom stereocenters. The summed E-state index contributed by atoms with van der Waals surface area (Å²) in [6.07, 6.45) is 0. The Morgan fingerprint density at radius 3 is 2.17 bits per heavy atom. The van der Waals surface area contributed by atoms with Gasteiger partial charge in [-0.05, 0) is 20.8 Å². The molecule has 0 fully saturated rings. The van der Waals surface area contributed by atoms with Gasteiger partial charge in [0.1, 0.15) is 5.60 Å². The molecule has 0 aliphatic heterocycles. The number of carbonyl (C=O) groups is 1. The number of ether oxygens (including phenoxy) is 1. The summed E-state index contributed by atoms with van der Waals surface area (Å²) in [5.41, 5.74) is -0.460. The minimum absolute atomic E-state index is 0.460. The summed E-state index contributed by atoms with van der Waals surface area (Å²) in [7, 11) is 3.52. The van der Waals surface area contributed by atoms with E-state index in [0.717, 1.165) is 0 Å². The number of esters is 1. The van der Waals surface area contributed by atoms with Gasteiger partial charge in [-0.15, -0.1) is 0 Å². The second kappa shape index (κ2) is 4.01. The van der Waals surface area contributed by atoms with Gasteiger partial charge in [0.2, 0.25) is 0 Å². The van der Waals surface area contributed by atoms with Gasteiger partial charge < -0.3 is 9.64 Å². The Hall–Kier alpha value is -1.17. The lowest BCUT2D eigenvalue weighted by Gasteiger charge is -2.16. The van der Waals surface area contributed by atoms with E-state index in [-0.39, 0.29) is 0 Å². The summed E-state index contributed by atoms with van der Waals surface area (Å²) in [5, 5.41) is 0. The van der Waals surface area contributed by atoms with Crippen molar-refractivity contribution in [2.45, 2.75) is 26.4 Å². The Morgan fingerprint density at radius 1 is 1.33 bits per heavy atom. The average molecular weight is 169 g/mol. The Balaban J connectivity index is 4.02. The molecule has 0 N–H and O–H groups in total. The van der Waals surface area contributed by atoms with Crippen LogP contribution in [0.3, 0.4) is 0 Å². The van der Waals surface area contributed by atoms with E-state index in [0.29, 0.717) is 0 Å². The smallest absolute Gasteiger partial charge is 0.386 e. The Bertz CT molecular complexity index is 215.